The van der Waals surface area contributed by atoms with E-state index >= 15 is 0 Å². The summed E-state index contributed by atoms with van der Waals surface area (Å²) in [6, 6.07) is 11.9. The Labute approximate surface area is 151 Å². The number of sulfonamides is 1. The first-order valence-corrected chi connectivity index (χ1v) is 9.72. The predicted molar refractivity (Wildman–Crippen MR) is 100 cm³/mol. The van der Waals surface area contributed by atoms with Crippen LogP contribution in [0.1, 0.15) is 5.56 Å². The number of nitrogens with one attached hydrogen (secondary N) is 1. The Balaban J connectivity index is 2.23. The van der Waals surface area contributed by atoms with E-state index in [1.807, 2.05) is 25.9 Å². The maximum absolute atomic E-state index is 12.5. The van der Waals surface area contributed by atoms with E-state index in [9.17, 15) is 8.42 Å². The molecule has 0 saturated heterocycles. The Morgan fingerprint density at radius 1 is 1.12 bits per heavy atom. The van der Waals surface area contributed by atoms with Crippen LogP contribution < -0.4 is 9.46 Å². The Morgan fingerprint density at radius 3 is 2.42 bits per heavy atom. The van der Waals surface area contributed by atoms with Gasteiger partial charge in [-0.2, -0.15) is 0 Å². The van der Waals surface area contributed by atoms with Crippen LogP contribution in [0.3, 0.4) is 0 Å². The highest BCUT2D eigenvalue weighted by Gasteiger charge is 2.16. The number of nitrogens with zero attached hydrogens (tertiary/aromatic N) is 1. The lowest BCUT2D eigenvalue weighted by atomic mass is 10.2. The molecule has 0 amide bonds. The van der Waals surface area contributed by atoms with Crippen molar-refractivity contribution < 1.29 is 13.2 Å². The Kier molecular flexibility index (Phi) is 6.26. The molecule has 0 saturated carbocycles. The Hall–Kier alpha value is -1.57. The van der Waals surface area contributed by atoms with Crippen LogP contribution in [0.2, 0.25) is 0 Å². The van der Waals surface area contributed by atoms with Crippen LogP contribution in [0, 0.1) is 6.92 Å². The Bertz CT molecular complexity index is 790. The summed E-state index contributed by atoms with van der Waals surface area (Å²) in [7, 11) is 0.237. The highest BCUT2D eigenvalue weighted by atomic mass is 79.9. The summed E-state index contributed by atoms with van der Waals surface area (Å²) in [6.07, 6.45) is 0. The lowest BCUT2D eigenvalue weighted by molar-refractivity contribution is 0.262. The summed E-state index contributed by atoms with van der Waals surface area (Å²) in [4.78, 5) is 2.21. The molecule has 0 atom stereocenters. The summed E-state index contributed by atoms with van der Waals surface area (Å²) in [5, 5.41) is 0. The van der Waals surface area contributed by atoms with Gasteiger partial charge in [0.25, 0.3) is 10.0 Å². The molecule has 130 valence electrons. The number of ether oxygens (including phenoxy) is 1. The minimum Gasteiger partial charge on any atom is -0.490 e. The zero-order valence-electron chi connectivity index (χ0n) is 13.9. The molecule has 7 heteroatoms. The maximum atomic E-state index is 12.5. The van der Waals surface area contributed by atoms with Gasteiger partial charge in [0.15, 0.2) is 0 Å². The van der Waals surface area contributed by atoms with Gasteiger partial charge in [-0.25, -0.2) is 8.42 Å². The smallest absolute Gasteiger partial charge is 0.262 e. The second-order valence-corrected chi connectivity index (χ2v) is 8.31. The second-order valence-electron chi connectivity index (χ2n) is 5.71. The highest BCUT2D eigenvalue weighted by molar-refractivity contribution is 9.10. The first-order chi connectivity index (χ1) is 11.3. The quantitative estimate of drug-likeness (QED) is 0.755. The maximum Gasteiger partial charge on any atom is 0.262 e. The van der Waals surface area contributed by atoms with E-state index in [0.29, 0.717) is 18.0 Å². The van der Waals surface area contributed by atoms with E-state index in [4.69, 9.17) is 4.74 Å². The van der Waals surface area contributed by atoms with E-state index < -0.39 is 10.0 Å². The molecule has 0 unspecified atom stereocenters. The lowest BCUT2D eigenvalue weighted by Crippen LogP contribution is -2.20. The van der Waals surface area contributed by atoms with Gasteiger partial charge in [-0.05, 0) is 51.4 Å². The molecule has 0 fully saturated rings. The number of likely N-dealkylation sites (N-methyl/N-ethyl adjacent to an activating group) is 1. The summed E-state index contributed by atoms with van der Waals surface area (Å²) in [5.74, 6) is 0.488. The van der Waals surface area contributed by atoms with Crippen molar-refractivity contribution in [2.45, 2.75) is 11.8 Å². The van der Waals surface area contributed by atoms with Gasteiger partial charge >= 0.3 is 0 Å². The minimum absolute atomic E-state index is 0.218. The average Bonchev–Trinajstić information content (AvgIpc) is 2.50. The monoisotopic (exact) mass is 412 g/mol. The summed E-state index contributed by atoms with van der Waals surface area (Å²) >= 11 is 3.38. The van der Waals surface area contributed by atoms with Gasteiger partial charge < -0.3 is 9.64 Å². The van der Waals surface area contributed by atoms with Crippen LogP contribution in [-0.4, -0.2) is 40.6 Å². The van der Waals surface area contributed by atoms with Crippen molar-refractivity contribution in [2.24, 2.45) is 0 Å². The van der Waals surface area contributed by atoms with Gasteiger partial charge in [-0.15, -0.1) is 0 Å². The van der Waals surface area contributed by atoms with Gasteiger partial charge in [0.1, 0.15) is 12.4 Å². The molecular weight excluding hydrogens is 392 g/mol. The molecule has 24 heavy (non-hydrogen) atoms. The number of hydrogen-bond donors (Lipinski definition) is 1. The molecule has 5 nitrogen and oxygen atoms in total. The third-order valence-corrected chi connectivity index (χ3v) is 5.19. The third kappa shape index (κ3) is 5.22. The normalized spacial score (nSPS) is 11.5. The summed E-state index contributed by atoms with van der Waals surface area (Å²) in [5.41, 5.74) is 1.42. The van der Waals surface area contributed by atoms with Gasteiger partial charge in [-0.3, -0.25) is 4.72 Å². The Morgan fingerprint density at radius 2 is 1.79 bits per heavy atom. The van der Waals surface area contributed by atoms with Crippen molar-refractivity contribution in [3.05, 3.63) is 52.5 Å². The molecule has 0 heterocycles. The van der Waals surface area contributed by atoms with Gasteiger partial charge in [0.2, 0.25) is 0 Å². The van der Waals surface area contributed by atoms with Crippen molar-refractivity contribution in [3.8, 4) is 5.75 Å². The van der Waals surface area contributed by atoms with Crippen LogP contribution in [0.15, 0.2) is 51.8 Å². The third-order valence-electron chi connectivity index (χ3n) is 3.32. The molecule has 2 aromatic rings. The van der Waals surface area contributed by atoms with E-state index in [1.54, 1.807) is 42.5 Å². The average molecular weight is 413 g/mol. The molecular formula is C17H21BrN2O3S. The number of benzene rings is 2. The first kappa shape index (κ1) is 18.8. The molecule has 0 radical (unpaired) electrons. The summed E-state index contributed by atoms with van der Waals surface area (Å²) in [6.45, 7) is 3.11. The van der Waals surface area contributed by atoms with E-state index in [2.05, 4.69) is 20.7 Å². The molecule has 0 spiro atoms. The fourth-order valence-corrected chi connectivity index (χ4v) is 3.37. The second kappa shape index (κ2) is 8.00. The summed E-state index contributed by atoms with van der Waals surface area (Å²) < 4.78 is 34.2. The van der Waals surface area contributed by atoms with Crippen LogP contribution in [0.5, 0.6) is 5.75 Å². The fraction of sp³-hybridized carbons (Fsp3) is 0.294. The van der Waals surface area contributed by atoms with Gasteiger partial charge in [0.05, 0.1) is 10.6 Å². The number of hydrogen-bond acceptors (Lipinski definition) is 4. The molecule has 2 rings (SSSR count). The molecule has 0 aromatic heterocycles. The van der Waals surface area contributed by atoms with E-state index in [0.717, 1.165) is 16.6 Å². The molecule has 0 aliphatic carbocycles. The van der Waals surface area contributed by atoms with Crippen LogP contribution in [0.4, 0.5) is 5.69 Å². The molecule has 0 aliphatic heterocycles. The highest BCUT2D eigenvalue weighted by Crippen LogP contribution is 2.30. The first-order valence-electron chi connectivity index (χ1n) is 7.44. The van der Waals surface area contributed by atoms with Crippen molar-refractivity contribution in [3.63, 3.8) is 0 Å². The predicted octanol–water partition coefficient (Wildman–Crippen LogP) is 3.50. The van der Waals surface area contributed by atoms with Crippen LogP contribution in [0.25, 0.3) is 0 Å². The number of rotatable bonds is 7. The topological polar surface area (TPSA) is 58.6 Å². The number of anilines is 1. The van der Waals surface area contributed by atoms with Crippen molar-refractivity contribution >= 4 is 31.6 Å². The SMILES string of the molecule is Cc1ccc(S(=O)(=O)Nc2ccc(Br)cc2OCCN(C)C)cc1. The molecule has 0 aliphatic rings. The number of halogens is 1. The minimum atomic E-state index is -3.66. The van der Waals surface area contributed by atoms with Crippen molar-refractivity contribution in [2.75, 3.05) is 32.0 Å². The van der Waals surface area contributed by atoms with Crippen LogP contribution in [-0.2, 0) is 10.0 Å². The van der Waals surface area contributed by atoms with Crippen LogP contribution >= 0.6 is 15.9 Å². The molecule has 1 N–H and O–H groups in total. The lowest BCUT2D eigenvalue weighted by Gasteiger charge is -2.16. The fourth-order valence-electron chi connectivity index (χ4n) is 1.96. The largest absolute Gasteiger partial charge is 0.490 e. The number of aryl methyl sites for hydroxylation is 1. The zero-order chi connectivity index (χ0) is 17.7. The van der Waals surface area contributed by atoms with Crippen molar-refractivity contribution in [1.29, 1.82) is 0 Å². The molecule has 2 aromatic carbocycles. The zero-order valence-corrected chi connectivity index (χ0v) is 16.3. The van der Waals surface area contributed by atoms with Gasteiger partial charge in [0, 0.05) is 11.0 Å². The standard InChI is InChI=1S/C17H21BrN2O3S/c1-13-4-7-15(8-5-13)24(21,22)19-16-9-6-14(18)12-17(16)23-11-10-20(2)3/h4-9,12,19H,10-11H2,1-3H3. The molecule has 0 bridgehead atoms. The van der Waals surface area contributed by atoms with Gasteiger partial charge in [-0.1, -0.05) is 33.6 Å². The van der Waals surface area contributed by atoms with E-state index in [1.165, 1.54) is 0 Å². The van der Waals surface area contributed by atoms with Crippen molar-refractivity contribution in [1.82, 2.24) is 4.90 Å². The van der Waals surface area contributed by atoms with E-state index in [-0.39, 0.29) is 4.90 Å².